The maximum Gasteiger partial charge on any atom is 0.138 e. The summed E-state index contributed by atoms with van der Waals surface area (Å²) in [6.07, 6.45) is 6.29. The average molecular weight is 807 g/mol. The largest absolute Gasteiger partial charge is 0.309 e. The molecule has 0 aliphatic carbocycles. The van der Waals surface area contributed by atoms with E-state index in [1.807, 2.05) is 24.3 Å². The van der Waals surface area contributed by atoms with Crippen LogP contribution in [0.25, 0.3) is 112 Å². The summed E-state index contributed by atoms with van der Waals surface area (Å²) in [5, 5.41) is 3.50. The molecule has 63 heavy (non-hydrogen) atoms. The van der Waals surface area contributed by atoms with E-state index in [2.05, 4.69) is 223 Å². The Morgan fingerprint density at radius 2 is 0.889 bits per heavy atom. The molecule has 0 radical (unpaired) electrons. The van der Waals surface area contributed by atoms with Crippen LogP contribution in [0.4, 0.5) is 0 Å². The molecular weight excluding hydrogens is 765 g/mol. The number of hydrogen-bond acceptors (Lipinski definition) is 2. The highest BCUT2D eigenvalue weighted by Gasteiger charge is 2.20. The third kappa shape index (κ3) is 6.75. The van der Waals surface area contributed by atoms with Gasteiger partial charge in [-0.05, 0) is 89.9 Å². The summed E-state index contributed by atoms with van der Waals surface area (Å²) < 4.78 is 4.65. The van der Waals surface area contributed by atoms with E-state index in [4.69, 9.17) is 9.97 Å². The number of benzene rings is 7. The number of allylic oxidation sites excluding steroid dienone is 1. The molecule has 0 fully saturated rings. The van der Waals surface area contributed by atoms with Crippen LogP contribution in [-0.4, -0.2) is 19.1 Å². The first kappa shape index (κ1) is 37.6. The van der Waals surface area contributed by atoms with Gasteiger partial charge in [0.05, 0.1) is 45.0 Å². The van der Waals surface area contributed by atoms with Crippen molar-refractivity contribution in [3.8, 4) is 67.5 Å². The Balaban J connectivity index is 1.08. The van der Waals surface area contributed by atoms with Gasteiger partial charge in [-0.3, -0.25) is 4.57 Å². The first-order valence-corrected chi connectivity index (χ1v) is 21.4. The van der Waals surface area contributed by atoms with Crippen LogP contribution in [0.15, 0.2) is 219 Å². The van der Waals surface area contributed by atoms with Crippen LogP contribution < -0.4 is 0 Å². The molecule has 0 unspecified atom stereocenters. The molecule has 7 aromatic carbocycles. The zero-order valence-electron chi connectivity index (χ0n) is 34.9. The summed E-state index contributed by atoms with van der Waals surface area (Å²) in [7, 11) is 0. The quantitative estimate of drug-likeness (QED) is 0.146. The van der Waals surface area contributed by atoms with Gasteiger partial charge < -0.3 is 4.57 Å². The molecule has 0 spiro atoms. The van der Waals surface area contributed by atoms with Gasteiger partial charge in [-0.25, -0.2) is 9.97 Å². The van der Waals surface area contributed by atoms with Crippen LogP contribution in [0.5, 0.6) is 0 Å². The van der Waals surface area contributed by atoms with E-state index < -0.39 is 0 Å². The van der Waals surface area contributed by atoms with Crippen molar-refractivity contribution in [2.24, 2.45) is 0 Å². The smallest absolute Gasteiger partial charge is 0.138 e. The maximum atomic E-state index is 5.34. The Morgan fingerprint density at radius 3 is 1.46 bits per heavy atom. The Kier molecular flexibility index (Phi) is 9.52. The number of hydrogen-bond donors (Lipinski definition) is 0. The van der Waals surface area contributed by atoms with Gasteiger partial charge >= 0.3 is 0 Å². The summed E-state index contributed by atoms with van der Waals surface area (Å²) in [6.45, 7) is 6.43. The highest BCUT2D eigenvalue weighted by Crippen LogP contribution is 2.40. The highest BCUT2D eigenvalue weighted by atomic mass is 15.1. The average Bonchev–Trinajstić information content (AvgIpc) is 3.86. The topological polar surface area (TPSA) is 35.6 Å². The molecule has 0 amide bonds. The van der Waals surface area contributed by atoms with E-state index >= 15 is 0 Å². The maximum absolute atomic E-state index is 5.34. The molecule has 298 valence electrons. The molecule has 0 atom stereocenters. The van der Waals surface area contributed by atoms with E-state index in [-0.39, 0.29) is 0 Å². The van der Waals surface area contributed by atoms with Gasteiger partial charge in [-0.2, -0.15) is 0 Å². The van der Waals surface area contributed by atoms with Crippen molar-refractivity contribution in [1.29, 1.82) is 0 Å². The molecule has 0 saturated carbocycles. The number of fused-ring (bicyclic) bond motifs is 4. The third-order valence-corrected chi connectivity index (χ3v) is 12.0. The van der Waals surface area contributed by atoms with E-state index in [1.54, 1.807) is 0 Å². The Hall–Kier alpha value is -8.34. The van der Waals surface area contributed by atoms with Crippen molar-refractivity contribution in [1.82, 2.24) is 19.1 Å². The molecule has 0 aliphatic rings. The standard InChI is InChI=1S/C59H42N4/c1-3-19-48-50-34-44(30-32-57(50)62(55(48)4-2)47-38-53(42-24-13-7-14-25-42)60-54(39-47)43-26-15-8-16-27-43)45-31-33-58-51(35-45)49-28-17-18-29-56(49)63(58)59-37-46(40-20-9-5-10-21-40)36-52(61-59)41-22-11-6-12-23-41/h3-39H,2H2,1H3/b19-3-. The molecule has 4 aromatic heterocycles. The first-order valence-electron chi connectivity index (χ1n) is 21.4. The van der Waals surface area contributed by atoms with Gasteiger partial charge in [0, 0.05) is 38.4 Å². The predicted octanol–water partition coefficient (Wildman–Crippen LogP) is 15.5. The zero-order valence-corrected chi connectivity index (χ0v) is 34.9. The van der Waals surface area contributed by atoms with Crippen LogP contribution >= 0.6 is 0 Å². The molecule has 11 aromatic rings. The highest BCUT2D eigenvalue weighted by molar-refractivity contribution is 6.11. The second kappa shape index (κ2) is 15.9. The fraction of sp³-hybridized carbons (Fsp3) is 0.0169. The van der Waals surface area contributed by atoms with E-state index in [0.717, 1.165) is 101 Å². The number of para-hydroxylation sites is 1. The van der Waals surface area contributed by atoms with Crippen molar-refractivity contribution in [3.05, 3.63) is 230 Å². The summed E-state index contributed by atoms with van der Waals surface area (Å²) in [6, 6.07) is 73.0. The van der Waals surface area contributed by atoms with Crippen molar-refractivity contribution in [3.63, 3.8) is 0 Å². The molecule has 4 heterocycles. The molecule has 4 heteroatoms. The second-order valence-corrected chi connectivity index (χ2v) is 15.8. The summed E-state index contributed by atoms with van der Waals surface area (Å²) in [5.41, 5.74) is 17.0. The molecular formula is C59H42N4. The summed E-state index contributed by atoms with van der Waals surface area (Å²) in [4.78, 5) is 10.5. The van der Waals surface area contributed by atoms with Crippen molar-refractivity contribution >= 4 is 44.9 Å². The molecule has 0 aliphatic heterocycles. The van der Waals surface area contributed by atoms with Gasteiger partial charge in [0.2, 0.25) is 0 Å². The normalized spacial score (nSPS) is 11.6. The Morgan fingerprint density at radius 1 is 0.397 bits per heavy atom. The minimum absolute atomic E-state index is 0.881. The van der Waals surface area contributed by atoms with Gasteiger partial charge in [0.1, 0.15) is 5.82 Å². The third-order valence-electron chi connectivity index (χ3n) is 12.0. The Bertz CT molecular complexity index is 3390. The van der Waals surface area contributed by atoms with Crippen LogP contribution in [0.3, 0.4) is 0 Å². The SMILES string of the molecule is C=Cc1c(/C=C\C)c2cc(-c3ccc4c(c3)c3ccccc3n4-c3cc(-c4ccccc4)cc(-c4ccccc4)n3)ccc2n1-c1cc(-c2ccccc2)nc(-c2ccccc2)c1. The lowest BCUT2D eigenvalue weighted by molar-refractivity contribution is 1.08. The van der Waals surface area contributed by atoms with Gasteiger partial charge in [0.15, 0.2) is 0 Å². The molecule has 11 rings (SSSR count). The first-order chi connectivity index (χ1) is 31.1. The van der Waals surface area contributed by atoms with Crippen molar-refractivity contribution in [2.45, 2.75) is 6.92 Å². The van der Waals surface area contributed by atoms with Crippen molar-refractivity contribution in [2.75, 3.05) is 0 Å². The number of rotatable bonds is 9. The van der Waals surface area contributed by atoms with E-state index in [0.29, 0.717) is 0 Å². The van der Waals surface area contributed by atoms with Gasteiger partial charge in [-0.1, -0.05) is 170 Å². The fourth-order valence-electron chi connectivity index (χ4n) is 9.08. The minimum Gasteiger partial charge on any atom is -0.309 e. The lowest BCUT2D eigenvalue weighted by Crippen LogP contribution is -2.00. The van der Waals surface area contributed by atoms with Crippen LogP contribution in [0.1, 0.15) is 18.2 Å². The molecule has 0 N–H and O–H groups in total. The monoisotopic (exact) mass is 806 g/mol. The lowest BCUT2D eigenvalue weighted by atomic mass is 10.00. The van der Waals surface area contributed by atoms with Crippen LogP contribution in [0, 0.1) is 0 Å². The molecule has 4 nitrogen and oxygen atoms in total. The lowest BCUT2D eigenvalue weighted by Gasteiger charge is -2.14. The van der Waals surface area contributed by atoms with E-state index in [9.17, 15) is 0 Å². The summed E-state index contributed by atoms with van der Waals surface area (Å²) in [5.74, 6) is 0.881. The van der Waals surface area contributed by atoms with Crippen LogP contribution in [0.2, 0.25) is 0 Å². The fourth-order valence-corrected chi connectivity index (χ4v) is 9.08. The number of aromatic nitrogens is 4. The Labute approximate surface area is 367 Å². The minimum atomic E-state index is 0.881. The second-order valence-electron chi connectivity index (χ2n) is 15.8. The van der Waals surface area contributed by atoms with Crippen molar-refractivity contribution < 1.29 is 0 Å². The molecule has 0 saturated heterocycles. The molecule has 0 bridgehead atoms. The predicted molar refractivity (Wildman–Crippen MR) is 265 cm³/mol. The van der Waals surface area contributed by atoms with Gasteiger partial charge in [-0.15, -0.1) is 0 Å². The van der Waals surface area contributed by atoms with E-state index in [1.165, 1.54) is 10.8 Å². The van der Waals surface area contributed by atoms with Gasteiger partial charge in [0.25, 0.3) is 0 Å². The number of pyridine rings is 2. The van der Waals surface area contributed by atoms with Crippen LogP contribution in [-0.2, 0) is 0 Å². The summed E-state index contributed by atoms with van der Waals surface area (Å²) >= 11 is 0. The zero-order chi connectivity index (χ0) is 42.3. The number of nitrogens with zero attached hydrogens (tertiary/aromatic N) is 4.